The van der Waals surface area contributed by atoms with Crippen molar-refractivity contribution in [2.75, 3.05) is 5.32 Å². The maximum Gasteiger partial charge on any atom is 0.0872 e. The van der Waals surface area contributed by atoms with Gasteiger partial charge in [0.2, 0.25) is 0 Å². The Balaban J connectivity index is 0.00000132. The largest absolute Gasteiger partial charge is 0.357 e. The van der Waals surface area contributed by atoms with Gasteiger partial charge in [-0.15, -0.1) is 12.4 Å². The molecular formula is C18H17ClN2. The predicted molar refractivity (Wildman–Crippen MR) is 90.8 cm³/mol. The van der Waals surface area contributed by atoms with Gasteiger partial charge in [-0.2, -0.15) is 0 Å². The summed E-state index contributed by atoms with van der Waals surface area (Å²) in [7, 11) is 0. The van der Waals surface area contributed by atoms with E-state index in [0.29, 0.717) is 0 Å². The molecule has 1 aliphatic heterocycles. The lowest BCUT2D eigenvalue weighted by atomic mass is 10.0. The van der Waals surface area contributed by atoms with Crippen LogP contribution in [-0.2, 0) is 0 Å². The molecule has 1 heterocycles. The standard InChI is InChI=1S/C18H16N2.ClH/c1-2-7-13(8-3-1)18-14-9-6-12-15(14)19-16-10-4-5-11-17(16)20-18;/h1-5,7-8,10-11,19H,6,9,12H2;1H. The number of nitrogens with one attached hydrogen (secondary N) is 1. The summed E-state index contributed by atoms with van der Waals surface area (Å²) < 4.78 is 0. The number of para-hydroxylation sites is 2. The van der Waals surface area contributed by atoms with Gasteiger partial charge in [-0.1, -0.05) is 42.5 Å². The molecule has 0 saturated carbocycles. The number of hydrogen-bond acceptors (Lipinski definition) is 2. The summed E-state index contributed by atoms with van der Waals surface area (Å²) in [6, 6.07) is 18.8. The van der Waals surface area contributed by atoms with Crippen LogP contribution in [0.4, 0.5) is 11.4 Å². The van der Waals surface area contributed by atoms with Crippen LogP contribution in [0.25, 0.3) is 0 Å². The third kappa shape index (κ3) is 2.47. The molecule has 0 saturated heterocycles. The molecular weight excluding hydrogens is 280 g/mol. The van der Waals surface area contributed by atoms with E-state index < -0.39 is 0 Å². The van der Waals surface area contributed by atoms with Gasteiger partial charge in [0.05, 0.1) is 17.1 Å². The summed E-state index contributed by atoms with van der Waals surface area (Å²) in [5, 5.41) is 3.59. The van der Waals surface area contributed by atoms with Crippen LogP contribution in [0.3, 0.4) is 0 Å². The van der Waals surface area contributed by atoms with Crippen molar-refractivity contribution in [1.82, 2.24) is 0 Å². The average Bonchev–Trinajstić information content (AvgIpc) is 2.89. The zero-order valence-corrected chi connectivity index (χ0v) is 12.5. The molecule has 1 N–H and O–H groups in total. The average molecular weight is 297 g/mol. The van der Waals surface area contributed by atoms with Crippen LogP contribution in [0, 0.1) is 0 Å². The van der Waals surface area contributed by atoms with Crippen molar-refractivity contribution >= 4 is 29.5 Å². The fourth-order valence-electron chi connectivity index (χ4n) is 3.01. The number of anilines is 1. The fourth-order valence-corrected chi connectivity index (χ4v) is 3.01. The molecule has 3 heteroatoms. The normalized spacial score (nSPS) is 16.1. The number of aliphatic imine (C=N–C) groups is 1. The lowest BCUT2D eigenvalue weighted by molar-refractivity contribution is 0.902. The van der Waals surface area contributed by atoms with E-state index in [1.54, 1.807) is 0 Å². The molecule has 106 valence electrons. The first-order valence-corrected chi connectivity index (χ1v) is 7.14. The van der Waals surface area contributed by atoms with E-state index in [4.69, 9.17) is 4.99 Å². The smallest absolute Gasteiger partial charge is 0.0872 e. The van der Waals surface area contributed by atoms with Crippen molar-refractivity contribution in [3.8, 4) is 0 Å². The maximum absolute atomic E-state index is 4.95. The van der Waals surface area contributed by atoms with Crippen molar-refractivity contribution in [2.24, 2.45) is 4.99 Å². The minimum absolute atomic E-state index is 0. The van der Waals surface area contributed by atoms with Gasteiger partial charge in [-0.3, -0.25) is 0 Å². The van der Waals surface area contributed by atoms with Gasteiger partial charge in [0.15, 0.2) is 0 Å². The lowest BCUT2D eigenvalue weighted by Crippen LogP contribution is -2.06. The molecule has 21 heavy (non-hydrogen) atoms. The van der Waals surface area contributed by atoms with Gasteiger partial charge in [0.1, 0.15) is 0 Å². The van der Waals surface area contributed by atoms with E-state index in [1.165, 1.54) is 23.3 Å². The van der Waals surface area contributed by atoms with Crippen molar-refractivity contribution in [3.63, 3.8) is 0 Å². The van der Waals surface area contributed by atoms with E-state index in [9.17, 15) is 0 Å². The highest BCUT2D eigenvalue weighted by atomic mass is 35.5. The number of halogens is 1. The topological polar surface area (TPSA) is 24.4 Å². The van der Waals surface area contributed by atoms with E-state index >= 15 is 0 Å². The Hall–Kier alpha value is -2.06. The van der Waals surface area contributed by atoms with E-state index in [-0.39, 0.29) is 12.4 Å². The minimum Gasteiger partial charge on any atom is -0.357 e. The van der Waals surface area contributed by atoms with Gasteiger partial charge in [-0.25, -0.2) is 4.99 Å². The van der Waals surface area contributed by atoms with Gasteiger partial charge in [0.25, 0.3) is 0 Å². The first kappa shape index (κ1) is 13.9. The highest BCUT2D eigenvalue weighted by molar-refractivity contribution is 6.15. The quantitative estimate of drug-likeness (QED) is 0.778. The molecule has 0 amide bonds. The molecule has 0 radical (unpaired) electrons. The van der Waals surface area contributed by atoms with Crippen LogP contribution in [0.1, 0.15) is 24.8 Å². The van der Waals surface area contributed by atoms with Gasteiger partial charge in [0, 0.05) is 11.3 Å². The molecule has 0 aromatic heterocycles. The van der Waals surface area contributed by atoms with Crippen LogP contribution in [0.15, 0.2) is 70.9 Å². The molecule has 0 unspecified atom stereocenters. The Bertz CT molecular complexity index is 717. The van der Waals surface area contributed by atoms with Crippen molar-refractivity contribution in [3.05, 3.63) is 71.4 Å². The first-order chi connectivity index (χ1) is 9.92. The minimum atomic E-state index is 0. The Morgan fingerprint density at radius 3 is 2.48 bits per heavy atom. The number of hydrogen-bond donors (Lipinski definition) is 1. The number of benzene rings is 2. The number of allylic oxidation sites excluding steroid dienone is 2. The lowest BCUT2D eigenvalue weighted by Gasteiger charge is -2.08. The third-order valence-corrected chi connectivity index (χ3v) is 3.97. The number of nitrogens with zero attached hydrogens (tertiary/aromatic N) is 1. The summed E-state index contributed by atoms with van der Waals surface area (Å²) in [5.41, 5.74) is 7.22. The van der Waals surface area contributed by atoms with E-state index in [0.717, 1.165) is 29.9 Å². The van der Waals surface area contributed by atoms with Crippen LogP contribution < -0.4 is 5.32 Å². The first-order valence-electron chi connectivity index (χ1n) is 7.14. The summed E-state index contributed by atoms with van der Waals surface area (Å²) in [6.07, 6.45) is 3.45. The predicted octanol–water partition coefficient (Wildman–Crippen LogP) is 5.09. The SMILES string of the molecule is Cl.c1ccc(C2=Nc3ccccc3NC3=C2CCC3)cc1. The van der Waals surface area contributed by atoms with Crippen LogP contribution in [0.2, 0.25) is 0 Å². The second-order valence-corrected chi connectivity index (χ2v) is 5.28. The molecule has 0 atom stereocenters. The van der Waals surface area contributed by atoms with Crippen LogP contribution >= 0.6 is 12.4 Å². The number of rotatable bonds is 1. The van der Waals surface area contributed by atoms with Gasteiger partial charge >= 0.3 is 0 Å². The summed E-state index contributed by atoms with van der Waals surface area (Å²) in [6.45, 7) is 0. The molecule has 2 aromatic carbocycles. The van der Waals surface area contributed by atoms with Crippen LogP contribution in [0.5, 0.6) is 0 Å². The van der Waals surface area contributed by atoms with Crippen LogP contribution in [-0.4, -0.2) is 5.71 Å². The molecule has 4 rings (SSSR count). The second-order valence-electron chi connectivity index (χ2n) is 5.28. The van der Waals surface area contributed by atoms with E-state index in [1.807, 2.05) is 6.07 Å². The second kappa shape index (κ2) is 5.74. The molecule has 1 aliphatic carbocycles. The van der Waals surface area contributed by atoms with Gasteiger partial charge < -0.3 is 5.32 Å². The fraction of sp³-hybridized carbons (Fsp3) is 0.167. The summed E-state index contributed by atoms with van der Waals surface area (Å²) in [4.78, 5) is 4.95. The highest BCUT2D eigenvalue weighted by Crippen LogP contribution is 2.37. The number of fused-ring (bicyclic) bond motifs is 1. The summed E-state index contributed by atoms with van der Waals surface area (Å²) in [5.74, 6) is 0. The zero-order chi connectivity index (χ0) is 13.4. The Labute approximate surface area is 131 Å². The molecule has 0 bridgehead atoms. The van der Waals surface area contributed by atoms with E-state index in [2.05, 4.69) is 53.8 Å². The Morgan fingerprint density at radius 2 is 1.62 bits per heavy atom. The monoisotopic (exact) mass is 296 g/mol. The van der Waals surface area contributed by atoms with Crippen molar-refractivity contribution in [2.45, 2.75) is 19.3 Å². The molecule has 2 aromatic rings. The molecule has 2 nitrogen and oxygen atoms in total. The highest BCUT2D eigenvalue weighted by Gasteiger charge is 2.23. The summed E-state index contributed by atoms with van der Waals surface area (Å²) >= 11 is 0. The van der Waals surface area contributed by atoms with Crippen molar-refractivity contribution < 1.29 is 0 Å². The zero-order valence-electron chi connectivity index (χ0n) is 11.7. The Kier molecular flexibility index (Phi) is 3.80. The molecule has 2 aliphatic rings. The van der Waals surface area contributed by atoms with Crippen molar-refractivity contribution in [1.29, 1.82) is 0 Å². The maximum atomic E-state index is 4.95. The third-order valence-electron chi connectivity index (χ3n) is 3.97. The molecule has 0 fully saturated rings. The molecule has 0 spiro atoms. The van der Waals surface area contributed by atoms with Gasteiger partial charge in [-0.05, 0) is 37.0 Å². The Morgan fingerprint density at radius 1 is 0.857 bits per heavy atom.